The van der Waals surface area contributed by atoms with Gasteiger partial charge in [-0.25, -0.2) is 0 Å². The summed E-state index contributed by atoms with van der Waals surface area (Å²) in [6, 6.07) is 0. The van der Waals surface area contributed by atoms with E-state index in [9.17, 15) is 0 Å². The molecule has 0 saturated carbocycles. The maximum atomic E-state index is 8.26. The molecule has 0 aromatic rings. The predicted molar refractivity (Wildman–Crippen MR) is 51.2 cm³/mol. The highest BCUT2D eigenvalue weighted by Gasteiger charge is 1.94. The van der Waals surface area contributed by atoms with Crippen molar-refractivity contribution >= 4 is 11.8 Å². The minimum atomic E-state index is 0.673. The summed E-state index contributed by atoms with van der Waals surface area (Å²) in [5.41, 5.74) is 2.07. The van der Waals surface area contributed by atoms with Gasteiger partial charge in [0.15, 0.2) is 0 Å². The lowest BCUT2D eigenvalue weighted by atomic mass is 10.1. The number of thioether (sulfide) groups is 1. The maximum absolute atomic E-state index is 8.26. The van der Waals surface area contributed by atoms with Gasteiger partial charge in [-0.2, -0.15) is 5.26 Å². The van der Waals surface area contributed by atoms with Gasteiger partial charge in [0.2, 0.25) is 0 Å². The Bertz CT molecular complexity index is 220. The molecule has 11 heavy (non-hydrogen) atoms. The van der Waals surface area contributed by atoms with Crippen LogP contribution in [0, 0.1) is 10.7 Å². The number of hydrogen-bond donors (Lipinski definition) is 0. The Balaban J connectivity index is 3.95. The van der Waals surface area contributed by atoms with Crippen molar-refractivity contribution in [2.75, 3.05) is 5.75 Å². The van der Waals surface area contributed by atoms with Gasteiger partial charge < -0.3 is 0 Å². The summed E-state index contributed by atoms with van der Waals surface area (Å²) in [6.07, 6.45) is 3.61. The van der Waals surface area contributed by atoms with Gasteiger partial charge in [0, 0.05) is 5.75 Å². The molecule has 0 aromatic heterocycles. The van der Waals surface area contributed by atoms with Crippen LogP contribution in [0.5, 0.6) is 0 Å². The number of thiocyanates is 1. The second kappa shape index (κ2) is 5.82. The molecule has 2 heteroatoms. The molecule has 0 bridgehead atoms. The van der Waals surface area contributed by atoms with Crippen LogP contribution in [0.3, 0.4) is 0 Å². The van der Waals surface area contributed by atoms with Gasteiger partial charge in [0.1, 0.15) is 5.40 Å². The van der Waals surface area contributed by atoms with Crippen LogP contribution >= 0.6 is 11.8 Å². The first-order chi connectivity index (χ1) is 5.22. The summed E-state index contributed by atoms with van der Waals surface area (Å²) in [6.45, 7) is 9.36. The van der Waals surface area contributed by atoms with Crippen molar-refractivity contribution < 1.29 is 0 Å². The van der Waals surface area contributed by atoms with Gasteiger partial charge in [0.25, 0.3) is 0 Å². The second-order valence-corrected chi connectivity index (χ2v) is 2.83. The molecular formula is C9H11NS. The van der Waals surface area contributed by atoms with Crippen molar-refractivity contribution in [3.63, 3.8) is 0 Å². The summed E-state index contributed by atoms with van der Waals surface area (Å²) in [7, 11) is 0. The lowest BCUT2D eigenvalue weighted by molar-refractivity contribution is 1.38. The summed E-state index contributed by atoms with van der Waals surface area (Å²) in [4.78, 5) is 0. The molecule has 0 heterocycles. The van der Waals surface area contributed by atoms with Crippen molar-refractivity contribution in [3.05, 3.63) is 36.5 Å². The minimum Gasteiger partial charge on any atom is -0.185 e. The Morgan fingerprint density at radius 3 is 2.82 bits per heavy atom. The van der Waals surface area contributed by atoms with Gasteiger partial charge in [-0.3, -0.25) is 0 Å². The smallest absolute Gasteiger partial charge is 0.133 e. The lowest BCUT2D eigenvalue weighted by Gasteiger charge is -1.99. The van der Waals surface area contributed by atoms with Crippen LogP contribution in [0.2, 0.25) is 0 Å². The molecule has 0 radical (unpaired) electrons. The van der Waals surface area contributed by atoms with Gasteiger partial charge in [-0.1, -0.05) is 25.3 Å². The molecule has 0 fully saturated rings. The Kier molecular flexibility index (Phi) is 5.32. The largest absolute Gasteiger partial charge is 0.185 e. The fraction of sp³-hybridized carbons (Fsp3) is 0.222. The predicted octanol–water partition coefficient (Wildman–Crippen LogP) is 2.89. The van der Waals surface area contributed by atoms with Crippen LogP contribution in [0.4, 0.5) is 0 Å². The molecule has 0 N–H and O–H groups in total. The summed E-state index contributed by atoms with van der Waals surface area (Å²) in [5, 5.41) is 10.3. The van der Waals surface area contributed by atoms with Crippen LogP contribution in [-0.4, -0.2) is 5.75 Å². The molecule has 0 aliphatic rings. The maximum Gasteiger partial charge on any atom is 0.133 e. The first-order valence-electron chi connectivity index (χ1n) is 3.20. The molecule has 0 aliphatic carbocycles. The van der Waals surface area contributed by atoms with E-state index in [4.69, 9.17) is 5.26 Å². The van der Waals surface area contributed by atoms with Crippen molar-refractivity contribution in [3.8, 4) is 5.40 Å². The van der Waals surface area contributed by atoms with E-state index in [0.29, 0.717) is 5.75 Å². The first kappa shape index (κ1) is 10.1. The van der Waals surface area contributed by atoms with E-state index in [0.717, 1.165) is 11.1 Å². The normalized spacial score (nSPS) is 10.4. The zero-order chi connectivity index (χ0) is 8.69. The van der Waals surface area contributed by atoms with Gasteiger partial charge in [-0.15, -0.1) is 0 Å². The van der Waals surface area contributed by atoms with Crippen LogP contribution in [-0.2, 0) is 0 Å². The Morgan fingerprint density at radius 1 is 1.73 bits per heavy atom. The highest BCUT2D eigenvalue weighted by molar-refractivity contribution is 8.03. The van der Waals surface area contributed by atoms with Gasteiger partial charge in [-0.05, 0) is 29.8 Å². The van der Waals surface area contributed by atoms with E-state index in [1.807, 2.05) is 18.4 Å². The lowest BCUT2D eigenvalue weighted by Crippen LogP contribution is -1.85. The van der Waals surface area contributed by atoms with E-state index in [1.54, 1.807) is 6.08 Å². The average Bonchev–Trinajstić information content (AvgIpc) is 2.00. The molecule has 0 aliphatic heterocycles. The molecule has 1 nitrogen and oxygen atoms in total. The number of nitrogens with zero attached hydrogens (tertiary/aromatic N) is 1. The number of allylic oxidation sites excluding steroid dienone is 3. The molecule has 0 rings (SSSR count). The Hall–Kier alpha value is -0.940. The number of nitriles is 1. The number of rotatable bonds is 4. The van der Waals surface area contributed by atoms with Crippen molar-refractivity contribution in [2.45, 2.75) is 6.92 Å². The summed E-state index contributed by atoms with van der Waals surface area (Å²) in [5.74, 6) is 0.673. The molecule has 58 valence electrons. The summed E-state index contributed by atoms with van der Waals surface area (Å²) < 4.78 is 0. The third-order valence-electron chi connectivity index (χ3n) is 1.24. The average molecular weight is 165 g/mol. The van der Waals surface area contributed by atoms with Crippen LogP contribution in [0.1, 0.15) is 6.92 Å². The van der Waals surface area contributed by atoms with Gasteiger partial charge in [0.05, 0.1) is 0 Å². The zero-order valence-corrected chi connectivity index (χ0v) is 7.45. The monoisotopic (exact) mass is 165 g/mol. The van der Waals surface area contributed by atoms with Gasteiger partial charge >= 0.3 is 0 Å². The highest BCUT2D eigenvalue weighted by Crippen LogP contribution is 2.12. The molecule has 0 spiro atoms. The molecule has 0 unspecified atom stereocenters. The quantitative estimate of drug-likeness (QED) is 0.472. The topological polar surface area (TPSA) is 23.8 Å². The SMILES string of the molecule is C=C/C=C(\C)C(=C)CSC#N. The Labute approximate surface area is 72.1 Å². The van der Waals surface area contributed by atoms with E-state index in [1.165, 1.54) is 11.8 Å². The second-order valence-electron chi connectivity index (χ2n) is 2.07. The molecule has 0 amide bonds. The minimum absolute atomic E-state index is 0.673. The highest BCUT2D eigenvalue weighted by atomic mass is 32.2. The van der Waals surface area contributed by atoms with E-state index >= 15 is 0 Å². The standard InChI is InChI=1S/C9H11NS/c1-4-5-8(2)9(3)6-11-7-10/h4-5H,1,3,6H2,2H3/b8-5+. The molecular weight excluding hydrogens is 154 g/mol. The fourth-order valence-electron chi connectivity index (χ4n) is 0.528. The Morgan fingerprint density at radius 2 is 2.36 bits per heavy atom. The van der Waals surface area contributed by atoms with Crippen LogP contribution in [0.25, 0.3) is 0 Å². The number of hydrogen-bond acceptors (Lipinski definition) is 2. The third-order valence-corrected chi connectivity index (χ3v) is 1.86. The van der Waals surface area contributed by atoms with Crippen molar-refractivity contribution in [2.24, 2.45) is 0 Å². The molecule has 0 aromatic carbocycles. The van der Waals surface area contributed by atoms with Crippen LogP contribution < -0.4 is 0 Å². The third kappa shape index (κ3) is 4.46. The summed E-state index contributed by atoms with van der Waals surface area (Å²) >= 11 is 1.20. The van der Waals surface area contributed by atoms with E-state index < -0.39 is 0 Å². The molecule has 0 saturated heterocycles. The zero-order valence-electron chi connectivity index (χ0n) is 6.63. The van der Waals surface area contributed by atoms with Crippen molar-refractivity contribution in [1.82, 2.24) is 0 Å². The van der Waals surface area contributed by atoms with E-state index in [-0.39, 0.29) is 0 Å². The van der Waals surface area contributed by atoms with Crippen molar-refractivity contribution in [1.29, 1.82) is 5.26 Å². The first-order valence-corrected chi connectivity index (χ1v) is 4.19. The van der Waals surface area contributed by atoms with Crippen LogP contribution in [0.15, 0.2) is 36.5 Å². The fourth-order valence-corrected chi connectivity index (χ4v) is 0.994. The molecule has 0 atom stereocenters. The van der Waals surface area contributed by atoms with E-state index in [2.05, 4.69) is 13.2 Å².